The van der Waals surface area contributed by atoms with Gasteiger partial charge >= 0.3 is 0 Å². The number of ether oxygens (including phenoxy) is 1. The van der Waals surface area contributed by atoms with Crippen molar-refractivity contribution in [2.45, 2.75) is 17.9 Å². The quantitative estimate of drug-likeness (QED) is 0.876. The van der Waals surface area contributed by atoms with E-state index < -0.39 is 0 Å². The highest BCUT2D eigenvalue weighted by molar-refractivity contribution is 7.99. The molecule has 1 unspecified atom stereocenters. The monoisotopic (exact) mass is 306 g/mol. The molecule has 3 nitrogen and oxygen atoms in total. The van der Waals surface area contributed by atoms with Gasteiger partial charge in [-0.2, -0.15) is 0 Å². The van der Waals surface area contributed by atoms with Crippen molar-refractivity contribution in [3.8, 4) is 10.6 Å². The van der Waals surface area contributed by atoms with Crippen LogP contribution in [-0.2, 0) is 4.74 Å². The lowest BCUT2D eigenvalue weighted by Crippen LogP contribution is -2.34. The molecule has 1 aromatic heterocycles. The van der Waals surface area contributed by atoms with Crippen LogP contribution in [0.15, 0.2) is 34.5 Å². The maximum atomic E-state index is 5.49. The van der Waals surface area contributed by atoms with E-state index in [1.165, 1.54) is 10.5 Å². The molecule has 2 heterocycles. The Kier molecular flexibility index (Phi) is 4.73. The van der Waals surface area contributed by atoms with Gasteiger partial charge in [-0.05, 0) is 17.9 Å². The van der Waals surface area contributed by atoms with Crippen molar-refractivity contribution >= 4 is 23.1 Å². The fourth-order valence-corrected chi connectivity index (χ4v) is 3.74. The van der Waals surface area contributed by atoms with Crippen LogP contribution in [0, 0.1) is 0 Å². The third kappa shape index (κ3) is 3.23. The first kappa shape index (κ1) is 14.1. The van der Waals surface area contributed by atoms with Gasteiger partial charge in [-0.3, -0.25) is 0 Å². The number of hydrogen-bond donors (Lipinski definition) is 1. The third-order valence-electron chi connectivity index (χ3n) is 3.21. The van der Waals surface area contributed by atoms with Crippen LogP contribution in [0.3, 0.4) is 0 Å². The first-order valence-electron chi connectivity index (χ1n) is 6.86. The fourth-order valence-electron chi connectivity index (χ4n) is 2.19. The molecular weight excluding hydrogens is 288 g/mol. The molecule has 1 aliphatic heterocycles. The second-order valence-corrected chi connectivity index (χ2v) is 6.81. The maximum absolute atomic E-state index is 5.49. The number of aromatic nitrogens is 1. The second-order valence-electron chi connectivity index (χ2n) is 4.62. The molecule has 0 saturated carbocycles. The molecule has 1 aromatic carbocycles. The van der Waals surface area contributed by atoms with E-state index in [1.54, 1.807) is 11.3 Å². The Hall–Kier alpha value is -0.880. The van der Waals surface area contributed by atoms with Crippen LogP contribution in [-0.4, -0.2) is 30.5 Å². The van der Waals surface area contributed by atoms with Crippen molar-refractivity contribution < 1.29 is 4.74 Å². The summed E-state index contributed by atoms with van der Waals surface area (Å²) in [6.07, 6.45) is 0. The fraction of sp³-hybridized carbons (Fsp3) is 0.400. The predicted molar refractivity (Wildman–Crippen MR) is 85.5 cm³/mol. The highest BCUT2D eigenvalue weighted by atomic mass is 32.2. The molecule has 0 aliphatic carbocycles. The van der Waals surface area contributed by atoms with Crippen molar-refractivity contribution in [1.29, 1.82) is 0 Å². The molecule has 1 atom stereocenters. The Balaban J connectivity index is 1.75. The number of morpholine rings is 1. The van der Waals surface area contributed by atoms with E-state index in [1.807, 2.05) is 11.8 Å². The van der Waals surface area contributed by atoms with Gasteiger partial charge in [-0.15, -0.1) is 23.1 Å². The summed E-state index contributed by atoms with van der Waals surface area (Å²) in [5, 5.41) is 6.66. The van der Waals surface area contributed by atoms with Crippen molar-refractivity contribution in [3.05, 3.63) is 35.3 Å². The lowest BCUT2D eigenvalue weighted by molar-refractivity contribution is 0.0758. The van der Waals surface area contributed by atoms with E-state index >= 15 is 0 Å². The number of nitrogens with one attached hydrogen (secondary N) is 1. The minimum atomic E-state index is 0.240. The topological polar surface area (TPSA) is 34.1 Å². The Morgan fingerprint density at radius 3 is 2.95 bits per heavy atom. The van der Waals surface area contributed by atoms with E-state index in [0.29, 0.717) is 0 Å². The molecule has 1 fully saturated rings. The van der Waals surface area contributed by atoms with Crippen molar-refractivity contribution in [2.75, 3.05) is 25.5 Å². The molecule has 5 heteroatoms. The molecule has 0 bridgehead atoms. The summed E-state index contributed by atoms with van der Waals surface area (Å²) >= 11 is 3.57. The Labute approximate surface area is 127 Å². The van der Waals surface area contributed by atoms with E-state index in [2.05, 4.69) is 41.9 Å². The number of nitrogens with zero attached hydrogens (tertiary/aromatic N) is 1. The van der Waals surface area contributed by atoms with Gasteiger partial charge in [0.1, 0.15) is 5.01 Å². The average molecular weight is 306 g/mol. The predicted octanol–water partition coefficient (Wildman–Crippen LogP) is 3.58. The zero-order valence-electron chi connectivity index (χ0n) is 11.5. The number of rotatable bonds is 4. The third-order valence-corrected chi connectivity index (χ3v) is 5.02. The highest BCUT2D eigenvalue weighted by Crippen LogP contribution is 2.28. The first-order chi connectivity index (χ1) is 9.86. The summed E-state index contributed by atoms with van der Waals surface area (Å²) in [7, 11) is 0. The molecule has 0 radical (unpaired) electrons. The summed E-state index contributed by atoms with van der Waals surface area (Å²) < 4.78 is 5.49. The zero-order chi connectivity index (χ0) is 13.8. The summed E-state index contributed by atoms with van der Waals surface area (Å²) in [6.45, 7) is 4.59. The normalized spacial score (nSPS) is 19.1. The van der Waals surface area contributed by atoms with Crippen LogP contribution in [0.4, 0.5) is 0 Å². The zero-order valence-corrected chi connectivity index (χ0v) is 13.1. The van der Waals surface area contributed by atoms with Crippen LogP contribution >= 0.6 is 23.1 Å². The van der Waals surface area contributed by atoms with Gasteiger partial charge in [0.15, 0.2) is 0 Å². The average Bonchev–Trinajstić information content (AvgIpc) is 2.99. The minimum Gasteiger partial charge on any atom is -0.378 e. The van der Waals surface area contributed by atoms with Crippen LogP contribution in [0.5, 0.6) is 0 Å². The van der Waals surface area contributed by atoms with Gasteiger partial charge in [-0.1, -0.05) is 19.1 Å². The summed E-state index contributed by atoms with van der Waals surface area (Å²) in [6, 6.07) is 8.90. The first-order valence-corrected chi connectivity index (χ1v) is 8.73. The molecule has 1 saturated heterocycles. The maximum Gasteiger partial charge on any atom is 0.123 e. The van der Waals surface area contributed by atoms with Crippen molar-refractivity contribution in [3.63, 3.8) is 0 Å². The lowest BCUT2D eigenvalue weighted by Gasteiger charge is -2.21. The Morgan fingerprint density at radius 2 is 2.25 bits per heavy atom. The Morgan fingerprint density at radius 1 is 1.40 bits per heavy atom. The van der Waals surface area contributed by atoms with Gasteiger partial charge in [0.05, 0.1) is 24.9 Å². The molecule has 1 aliphatic rings. The van der Waals surface area contributed by atoms with E-state index in [9.17, 15) is 0 Å². The molecule has 0 spiro atoms. The number of thiazole rings is 1. The summed E-state index contributed by atoms with van der Waals surface area (Å²) in [5.74, 6) is 1.11. The van der Waals surface area contributed by atoms with Crippen LogP contribution < -0.4 is 5.32 Å². The van der Waals surface area contributed by atoms with E-state index in [4.69, 9.17) is 9.72 Å². The molecule has 3 rings (SSSR count). The smallest absolute Gasteiger partial charge is 0.123 e. The lowest BCUT2D eigenvalue weighted by atomic mass is 10.2. The van der Waals surface area contributed by atoms with Crippen LogP contribution in [0.1, 0.15) is 18.7 Å². The van der Waals surface area contributed by atoms with Gasteiger partial charge < -0.3 is 10.1 Å². The molecular formula is C15H18N2OS2. The van der Waals surface area contributed by atoms with E-state index in [-0.39, 0.29) is 6.04 Å². The van der Waals surface area contributed by atoms with Gasteiger partial charge in [-0.25, -0.2) is 4.98 Å². The number of benzene rings is 1. The summed E-state index contributed by atoms with van der Waals surface area (Å²) in [5.41, 5.74) is 2.29. The van der Waals surface area contributed by atoms with Crippen LogP contribution in [0.25, 0.3) is 10.6 Å². The van der Waals surface area contributed by atoms with Gasteiger partial charge in [0.25, 0.3) is 0 Å². The molecule has 106 valence electrons. The molecule has 0 amide bonds. The number of thioether (sulfide) groups is 1. The van der Waals surface area contributed by atoms with Crippen molar-refractivity contribution in [1.82, 2.24) is 10.3 Å². The van der Waals surface area contributed by atoms with E-state index in [0.717, 1.165) is 36.2 Å². The largest absolute Gasteiger partial charge is 0.378 e. The minimum absolute atomic E-state index is 0.240. The standard InChI is InChI=1S/C15H18N2OS2/c1-2-19-12-5-3-11(4-6-12)15-17-14(10-20-15)13-9-18-8-7-16-13/h3-6,10,13,16H,2,7-9H2,1H3. The SMILES string of the molecule is CCSc1ccc(-c2nc(C3COCCN3)cs2)cc1. The number of hydrogen-bond acceptors (Lipinski definition) is 5. The molecule has 1 N–H and O–H groups in total. The van der Waals surface area contributed by atoms with Crippen LogP contribution in [0.2, 0.25) is 0 Å². The summed E-state index contributed by atoms with van der Waals surface area (Å²) in [4.78, 5) is 6.06. The highest BCUT2D eigenvalue weighted by Gasteiger charge is 2.18. The Bertz CT molecular complexity index is 547. The van der Waals surface area contributed by atoms with Gasteiger partial charge in [0, 0.05) is 22.4 Å². The molecule has 20 heavy (non-hydrogen) atoms. The second kappa shape index (κ2) is 6.72. The van der Waals surface area contributed by atoms with Crippen molar-refractivity contribution in [2.24, 2.45) is 0 Å². The molecule has 2 aromatic rings. The van der Waals surface area contributed by atoms with Gasteiger partial charge in [0.2, 0.25) is 0 Å².